The molecule has 0 N–H and O–H groups in total. The Labute approximate surface area is 159 Å². The molecule has 0 radical (unpaired) electrons. The van der Waals surface area contributed by atoms with E-state index in [-0.39, 0.29) is 0 Å². The topological polar surface area (TPSA) is 30.7 Å². The molecule has 0 atom stereocenters. The van der Waals surface area contributed by atoms with Gasteiger partial charge in [-0.15, -0.1) is 11.3 Å². The summed E-state index contributed by atoms with van der Waals surface area (Å²) in [6, 6.07) is 25.6. The van der Waals surface area contributed by atoms with Gasteiger partial charge in [0.2, 0.25) is 0 Å². The van der Waals surface area contributed by atoms with Crippen molar-refractivity contribution in [2.24, 2.45) is 0 Å². The number of aryl methyl sites for hydroxylation is 1. The Bertz CT molecular complexity index is 1440. The number of aromatic nitrogens is 3. The molecule has 6 aromatic rings. The van der Waals surface area contributed by atoms with Crippen molar-refractivity contribution < 1.29 is 0 Å². The standard InChI is InChI=1S/C23H15N3S/c1-14-24-21-17-10-4-7-13-20(17)27-22(21)23(25-14)26-18-11-5-2-8-15(18)16-9-3-6-12-19(16)26/h2-13H,1H3. The van der Waals surface area contributed by atoms with E-state index in [1.54, 1.807) is 11.3 Å². The van der Waals surface area contributed by atoms with Crippen LogP contribution in [0.1, 0.15) is 5.82 Å². The van der Waals surface area contributed by atoms with Crippen LogP contribution in [0.2, 0.25) is 0 Å². The number of nitrogens with zero attached hydrogens (tertiary/aromatic N) is 3. The van der Waals surface area contributed by atoms with E-state index in [2.05, 4.69) is 77.4 Å². The third kappa shape index (κ3) is 2.02. The molecule has 0 aliphatic carbocycles. The van der Waals surface area contributed by atoms with Gasteiger partial charge in [-0.05, 0) is 25.1 Å². The highest BCUT2D eigenvalue weighted by Crippen LogP contribution is 2.38. The van der Waals surface area contributed by atoms with Crippen LogP contribution in [0, 0.1) is 6.92 Å². The van der Waals surface area contributed by atoms with Gasteiger partial charge in [-0.2, -0.15) is 0 Å². The Morgan fingerprint density at radius 2 is 1.30 bits per heavy atom. The van der Waals surface area contributed by atoms with E-state index in [1.165, 1.54) is 31.9 Å². The summed E-state index contributed by atoms with van der Waals surface area (Å²) in [4.78, 5) is 9.68. The quantitative estimate of drug-likeness (QED) is 0.345. The maximum atomic E-state index is 4.90. The van der Waals surface area contributed by atoms with Crippen LogP contribution in [0.4, 0.5) is 0 Å². The highest BCUT2D eigenvalue weighted by molar-refractivity contribution is 7.26. The number of rotatable bonds is 1. The summed E-state index contributed by atoms with van der Waals surface area (Å²) in [5.41, 5.74) is 3.39. The van der Waals surface area contributed by atoms with Crippen LogP contribution in [0.5, 0.6) is 0 Å². The molecule has 0 spiro atoms. The smallest absolute Gasteiger partial charge is 0.159 e. The molecule has 4 heteroatoms. The minimum Gasteiger partial charge on any atom is -0.292 e. The van der Waals surface area contributed by atoms with E-state index < -0.39 is 0 Å². The van der Waals surface area contributed by atoms with Crippen LogP contribution in [0.25, 0.3) is 47.9 Å². The number of benzene rings is 3. The zero-order valence-corrected chi connectivity index (χ0v) is 15.5. The molecule has 3 aromatic carbocycles. The lowest BCUT2D eigenvalue weighted by molar-refractivity contribution is 1.02. The average Bonchev–Trinajstić information content (AvgIpc) is 3.24. The Morgan fingerprint density at radius 1 is 0.704 bits per heavy atom. The second-order valence-electron chi connectivity index (χ2n) is 6.74. The van der Waals surface area contributed by atoms with Crippen LogP contribution in [0.15, 0.2) is 72.8 Å². The molecule has 3 aromatic heterocycles. The van der Waals surface area contributed by atoms with Gasteiger partial charge < -0.3 is 0 Å². The van der Waals surface area contributed by atoms with Gasteiger partial charge >= 0.3 is 0 Å². The van der Waals surface area contributed by atoms with Crippen LogP contribution < -0.4 is 0 Å². The monoisotopic (exact) mass is 365 g/mol. The van der Waals surface area contributed by atoms with Crippen molar-refractivity contribution in [3.05, 3.63) is 78.6 Å². The molecule has 0 bridgehead atoms. The molecule has 3 nitrogen and oxygen atoms in total. The van der Waals surface area contributed by atoms with Crippen molar-refractivity contribution >= 4 is 53.4 Å². The Hall–Kier alpha value is -3.24. The fourth-order valence-corrected chi connectivity index (χ4v) is 5.11. The molecule has 27 heavy (non-hydrogen) atoms. The summed E-state index contributed by atoms with van der Waals surface area (Å²) < 4.78 is 4.67. The van der Waals surface area contributed by atoms with Crippen molar-refractivity contribution in [3.8, 4) is 5.82 Å². The number of hydrogen-bond acceptors (Lipinski definition) is 3. The van der Waals surface area contributed by atoms with E-state index in [4.69, 9.17) is 9.97 Å². The normalized spacial score (nSPS) is 11.9. The first-order chi connectivity index (χ1) is 13.3. The molecule has 6 rings (SSSR count). The lowest BCUT2D eigenvalue weighted by Gasteiger charge is -2.08. The van der Waals surface area contributed by atoms with E-state index >= 15 is 0 Å². The lowest BCUT2D eigenvalue weighted by atomic mass is 10.2. The highest BCUT2D eigenvalue weighted by atomic mass is 32.1. The summed E-state index contributed by atoms with van der Waals surface area (Å²) >= 11 is 1.77. The second kappa shape index (κ2) is 5.38. The van der Waals surface area contributed by atoms with Crippen molar-refractivity contribution in [3.63, 3.8) is 0 Å². The Kier molecular flexibility index (Phi) is 2.96. The molecule has 0 unspecified atom stereocenters. The fourth-order valence-electron chi connectivity index (χ4n) is 3.99. The molecule has 0 amide bonds. The van der Waals surface area contributed by atoms with Crippen LogP contribution in [-0.2, 0) is 0 Å². The lowest BCUT2D eigenvalue weighted by Crippen LogP contribution is -2.00. The first-order valence-corrected chi connectivity index (χ1v) is 9.77. The molecule has 0 saturated carbocycles. The SMILES string of the molecule is Cc1nc(-n2c3ccccc3c3ccccc32)c2sc3ccccc3c2n1. The minimum atomic E-state index is 0.794. The van der Waals surface area contributed by atoms with Gasteiger partial charge in [0.1, 0.15) is 5.82 Å². The maximum Gasteiger partial charge on any atom is 0.159 e. The molecule has 0 aliphatic rings. The molecule has 0 saturated heterocycles. The highest BCUT2D eigenvalue weighted by Gasteiger charge is 2.18. The van der Waals surface area contributed by atoms with E-state index in [0.717, 1.165) is 21.9 Å². The summed E-state index contributed by atoms with van der Waals surface area (Å²) in [6.45, 7) is 1.98. The predicted octanol–water partition coefficient (Wildman–Crippen LogP) is 6.25. The van der Waals surface area contributed by atoms with Crippen LogP contribution >= 0.6 is 11.3 Å². The summed E-state index contributed by atoms with van der Waals surface area (Å²) in [5, 5.41) is 3.70. The van der Waals surface area contributed by atoms with Crippen molar-refractivity contribution in [1.29, 1.82) is 0 Å². The number of hydrogen-bond donors (Lipinski definition) is 0. The molecule has 0 aliphatic heterocycles. The van der Waals surface area contributed by atoms with Crippen molar-refractivity contribution in [2.75, 3.05) is 0 Å². The van der Waals surface area contributed by atoms with Gasteiger partial charge in [0.15, 0.2) is 5.82 Å². The van der Waals surface area contributed by atoms with E-state index in [1.807, 2.05) is 6.92 Å². The fraction of sp³-hybridized carbons (Fsp3) is 0.0435. The van der Waals surface area contributed by atoms with Crippen LogP contribution in [0.3, 0.4) is 0 Å². The van der Waals surface area contributed by atoms with Gasteiger partial charge in [0.05, 0.1) is 21.3 Å². The van der Waals surface area contributed by atoms with Gasteiger partial charge in [0.25, 0.3) is 0 Å². The first kappa shape index (κ1) is 14.9. The number of fused-ring (bicyclic) bond motifs is 6. The van der Waals surface area contributed by atoms with E-state index in [9.17, 15) is 0 Å². The molecule has 128 valence electrons. The zero-order chi connectivity index (χ0) is 18.0. The largest absolute Gasteiger partial charge is 0.292 e. The zero-order valence-electron chi connectivity index (χ0n) is 14.7. The molecular weight excluding hydrogens is 350 g/mol. The van der Waals surface area contributed by atoms with Gasteiger partial charge in [-0.1, -0.05) is 54.6 Å². The maximum absolute atomic E-state index is 4.90. The van der Waals surface area contributed by atoms with Crippen LogP contribution in [-0.4, -0.2) is 14.5 Å². The van der Waals surface area contributed by atoms with Gasteiger partial charge in [0, 0.05) is 20.9 Å². The summed E-state index contributed by atoms with van der Waals surface area (Å²) in [7, 11) is 0. The van der Waals surface area contributed by atoms with Gasteiger partial charge in [-0.3, -0.25) is 4.57 Å². The van der Waals surface area contributed by atoms with Gasteiger partial charge in [-0.25, -0.2) is 9.97 Å². The average molecular weight is 365 g/mol. The molecule has 0 fully saturated rings. The van der Waals surface area contributed by atoms with Crippen molar-refractivity contribution in [2.45, 2.75) is 6.92 Å². The van der Waals surface area contributed by atoms with Crippen molar-refractivity contribution in [1.82, 2.24) is 14.5 Å². The predicted molar refractivity (Wildman–Crippen MR) is 114 cm³/mol. The molecular formula is C23H15N3S. The molecule has 3 heterocycles. The third-order valence-electron chi connectivity index (χ3n) is 5.11. The number of para-hydroxylation sites is 2. The number of thiophene rings is 1. The second-order valence-corrected chi connectivity index (χ2v) is 7.79. The Morgan fingerprint density at radius 3 is 2.00 bits per heavy atom. The first-order valence-electron chi connectivity index (χ1n) is 8.96. The summed E-state index contributed by atoms with van der Waals surface area (Å²) in [5.74, 6) is 1.76. The Balaban J connectivity index is 1.86. The summed E-state index contributed by atoms with van der Waals surface area (Å²) in [6.07, 6.45) is 0. The minimum absolute atomic E-state index is 0.794. The van der Waals surface area contributed by atoms with E-state index in [0.29, 0.717) is 0 Å². The third-order valence-corrected chi connectivity index (χ3v) is 6.26.